The summed E-state index contributed by atoms with van der Waals surface area (Å²) in [6.45, 7) is 0. The summed E-state index contributed by atoms with van der Waals surface area (Å²) in [4.78, 5) is 21.0. The lowest BCUT2D eigenvalue weighted by molar-refractivity contribution is 0.426. The molecule has 0 radical (unpaired) electrons. The molecule has 1 atom stereocenters. The first-order valence-corrected chi connectivity index (χ1v) is 23.1. The number of aromatic nitrogens is 3. The SMILES string of the molecule is c1ccc(N2c3ccccc3Sc3c2ccc2c3Oc3ccccc3C23c2ccccc2-c2nc(-c4ccccc4-c4nc(-c5cccc6ccccc56)c5ccccc5n4)ccc23)cc1. The van der Waals surface area contributed by atoms with Gasteiger partial charge in [-0.05, 0) is 70.4 Å². The molecule has 6 heteroatoms. The van der Waals surface area contributed by atoms with E-state index in [9.17, 15) is 0 Å². The maximum Gasteiger partial charge on any atom is 0.161 e. The maximum atomic E-state index is 7.16. The van der Waals surface area contributed by atoms with Crippen LogP contribution in [0.2, 0.25) is 0 Å². The summed E-state index contributed by atoms with van der Waals surface area (Å²) in [5.41, 5.74) is 14.9. The molecule has 11 aromatic rings. The molecule has 0 amide bonds. The molecule has 2 aromatic heterocycles. The fraction of sp³-hybridized carbons (Fsp3) is 0.0167. The minimum absolute atomic E-state index is 0.659. The molecule has 0 saturated heterocycles. The van der Waals surface area contributed by atoms with Gasteiger partial charge in [0.25, 0.3) is 0 Å². The molecule has 308 valence electrons. The van der Waals surface area contributed by atoms with Crippen molar-refractivity contribution in [3.8, 4) is 56.7 Å². The van der Waals surface area contributed by atoms with E-state index in [0.29, 0.717) is 5.82 Å². The van der Waals surface area contributed by atoms with E-state index >= 15 is 0 Å². The molecule has 0 saturated carbocycles. The van der Waals surface area contributed by atoms with Gasteiger partial charge in [-0.25, -0.2) is 15.0 Å². The van der Waals surface area contributed by atoms with E-state index in [-0.39, 0.29) is 0 Å². The molecule has 2 aliphatic heterocycles. The third-order valence-electron chi connectivity index (χ3n) is 13.5. The first kappa shape index (κ1) is 37.1. The van der Waals surface area contributed by atoms with Gasteiger partial charge in [0.15, 0.2) is 5.82 Å². The van der Waals surface area contributed by atoms with E-state index in [1.54, 1.807) is 11.8 Å². The number of hydrogen-bond donors (Lipinski definition) is 0. The molecule has 14 rings (SSSR count). The fourth-order valence-electron chi connectivity index (χ4n) is 10.8. The molecule has 1 spiro atoms. The lowest BCUT2D eigenvalue weighted by atomic mass is 9.66. The normalized spacial score (nSPS) is 15.1. The van der Waals surface area contributed by atoms with Gasteiger partial charge in [0.1, 0.15) is 11.5 Å². The maximum absolute atomic E-state index is 7.16. The summed E-state index contributed by atoms with van der Waals surface area (Å²) in [5, 5.41) is 3.35. The van der Waals surface area contributed by atoms with Crippen molar-refractivity contribution in [2.75, 3.05) is 4.90 Å². The van der Waals surface area contributed by atoms with Crippen LogP contribution in [0.4, 0.5) is 17.1 Å². The second-order valence-corrected chi connectivity index (χ2v) is 18.1. The monoisotopic (exact) mass is 860 g/mol. The highest BCUT2D eigenvalue weighted by Crippen LogP contribution is 2.66. The van der Waals surface area contributed by atoms with Crippen molar-refractivity contribution >= 4 is 50.5 Å². The van der Waals surface area contributed by atoms with Crippen molar-refractivity contribution in [3.05, 3.63) is 241 Å². The minimum Gasteiger partial charge on any atom is -0.455 e. The standard InChI is InChI=1S/C60H36N4OS/c1-2-19-38(20-3-1)64-51-30-13-15-32-54(51)66-58-52(64)36-34-48-57(58)65-53-31-14-11-28-46(53)60(48)45-27-10-8-24-43(45)56-47(60)33-35-50(61-56)40-22-6-7-23-42(40)59-62-49-29-12-9-25-44(49)55(63-59)41-26-16-18-37-17-4-5-21-39(37)41/h1-36H. The highest BCUT2D eigenvalue weighted by atomic mass is 32.2. The lowest BCUT2D eigenvalue weighted by Crippen LogP contribution is -2.32. The first-order valence-electron chi connectivity index (χ1n) is 22.3. The van der Waals surface area contributed by atoms with Gasteiger partial charge in [0.2, 0.25) is 0 Å². The van der Waals surface area contributed by atoms with Crippen LogP contribution >= 0.6 is 11.8 Å². The van der Waals surface area contributed by atoms with Gasteiger partial charge in [-0.15, -0.1) is 0 Å². The van der Waals surface area contributed by atoms with Crippen molar-refractivity contribution in [1.29, 1.82) is 0 Å². The molecular formula is C60H36N4OS. The van der Waals surface area contributed by atoms with Crippen LogP contribution in [-0.2, 0) is 5.41 Å². The highest BCUT2D eigenvalue weighted by molar-refractivity contribution is 7.99. The van der Waals surface area contributed by atoms with Crippen LogP contribution in [0.25, 0.3) is 66.8 Å². The van der Waals surface area contributed by atoms with E-state index in [4.69, 9.17) is 19.7 Å². The zero-order valence-corrected chi connectivity index (χ0v) is 36.2. The Kier molecular flexibility index (Phi) is 8.06. The van der Waals surface area contributed by atoms with Gasteiger partial charge < -0.3 is 9.64 Å². The number of hydrogen-bond acceptors (Lipinski definition) is 6. The molecular weight excluding hydrogens is 825 g/mol. The van der Waals surface area contributed by atoms with Gasteiger partial charge in [-0.3, -0.25) is 0 Å². The van der Waals surface area contributed by atoms with Gasteiger partial charge >= 0.3 is 0 Å². The summed E-state index contributed by atoms with van der Waals surface area (Å²) in [5.74, 6) is 2.38. The summed E-state index contributed by atoms with van der Waals surface area (Å²) in [6.07, 6.45) is 0. The smallest absolute Gasteiger partial charge is 0.161 e. The third kappa shape index (κ3) is 5.27. The Balaban J connectivity index is 0.973. The summed E-state index contributed by atoms with van der Waals surface area (Å²) in [6, 6.07) is 77.4. The number of nitrogens with zero attached hydrogens (tertiary/aromatic N) is 4. The van der Waals surface area contributed by atoms with Crippen LogP contribution in [0.5, 0.6) is 11.5 Å². The van der Waals surface area contributed by atoms with Crippen LogP contribution in [0.1, 0.15) is 22.3 Å². The van der Waals surface area contributed by atoms with Crippen LogP contribution in [0, 0.1) is 0 Å². The molecule has 9 aromatic carbocycles. The molecule has 3 aliphatic rings. The number of pyridine rings is 1. The zero-order chi connectivity index (χ0) is 43.3. The first-order chi connectivity index (χ1) is 32.7. The highest BCUT2D eigenvalue weighted by Gasteiger charge is 2.53. The van der Waals surface area contributed by atoms with E-state index in [1.165, 1.54) is 15.8 Å². The van der Waals surface area contributed by atoms with Crippen molar-refractivity contribution in [2.24, 2.45) is 0 Å². The number of fused-ring (bicyclic) bond motifs is 14. The largest absolute Gasteiger partial charge is 0.455 e. The van der Waals surface area contributed by atoms with Crippen LogP contribution in [0.3, 0.4) is 0 Å². The van der Waals surface area contributed by atoms with Gasteiger partial charge in [-0.2, -0.15) is 0 Å². The predicted molar refractivity (Wildman–Crippen MR) is 267 cm³/mol. The average molecular weight is 861 g/mol. The Labute approximate surface area is 385 Å². The number of para-hydroxylation sites is 4. The summed E-state index contributed by atoms with van der Waals surface area (Å²) < 4.78 is 7.16. The Morgan fingerprint density at radius 2 is 1.11 bits per heavy atom. The Morgan fingerprint density at radius 1 is 0.424 bits per heavy atom. The molecule has 66 heavy (non-hydrogen) atoms. The zero-order valence-electron chi connectivity index (χ0n) is 35.4. The summed E-state index contributed by atoms with van der Waals surface area (Å²) in [7, 11) is 0. The second kappa shape index (κ2) is 14.3. The molecule has 1 unspecified atom stereocenters. The molecule has 5 nitrogen and oxygen atoms in total. The topological polar surface area (TPSA) is 51.1 Å². The number of benzene rings is 9. The molecule has 1 aliphatic carbocycles. The van der Waals surface area contributed by atoms with Crippen molar-refractivity contribution < 1.29 is 4.74 Å². The van der Waals surface area contributed by atoms with Gasteiger partial charge in [0, 0.05) is 49.3 Å². The molecule has 4 heterocycles. The van der Waals surface area contributed by atoms with E-state index in [0.717, 1.165) is 106 Å². The van der Waals surface area contributed by atoms with Crippen LogP contribution < -0.4 is 9.64 Å². The number of anilines is 3. The quantitative estimate of drug-likeness (QED) is 0.176. The molecule has 0 bridgehead atoms. The Hall–Kier alpha value is -8.32. The van der Waals surface area contributed by atoms with Crippen molar-refractivity contribution in [2.45, 2.75) is 15.2 Å². The Bertz CT molecular complexity index is 3810. The Morgan fingerprint density at radius 3 is 2.02 bits per heavy atom. The summed E-state index contributed by atoms with van der Waals surface area (Å²) >= 11 is 1.78. The van der Waals surface area contributed by atoms with Gasteiger partial charge in [0.05, 0.1) is 44.3 Å². The average Bonchev–Trinajstić information content (AvgIpc) is 3.67. The fourth-order valence-corrected chi connectivity index (χ4v) is 11.9. The van der Waals surface area contributed by atoms with E-state index < -0.39 is 5.41 Å². The van der Waals surface area contributed by atoms with Crippen LogP contribution in [0.15, 0.2) is 228 Å². The van der Waals surface area contributed by atoms with Crippen molar-refractivity contribution in [3.63, 3.8) is 0 Å². The predicted octanol–water partition coefficient (Wildman–Crippen LogP) is 15.6. The van der Waals surface area contributed by atoms with Crippen LogP contribution in [-0.4, -0.2) is 15.0 Å². The molecule has 0 fully saturated rings. The molecule has 0 N–H and O–H groups in total. The third-order valence-corrected chi connectivity index (χ3v) is 14.7. The van der Waals surface area contributed by atoms with Crippen molar-refractivity contribution in [1.82, 2.24) is 15.0 Å². The number of rotatable bonds is 4. The lowest BCUT2D eigenvalue weighted by Gasteiger charge is -2.42. The van der Waals surface area contributed by atoms with Gasteiger partial charge in [-0.1, -0.05) is 182 Å². The van der Waals surface area contributed by atoms with E-state index in [2.05, 4.69) is 217 Å². The second-order valence-electron chi connectivity index (χ2n) is 17.0. The minimum atomic E-state index is -0.694. The van der Waals surface area contributed by atoms with E-state index in [1.807, 2.05) is 6.07 Å². The number of ether oxygens (including phenoxy) is 1.